The molecule has 0 saturated carbocycles. The lowest BCUT2D eigenvalue weighted by Crippen LogP contribution is -2.35. The van der Waals surface area contributed by atoms with Gasteiger partial charge in [-0.1, -0.05) is 0 Å². The Hall–Kier alpha value is -2.18. The molecule has 2 heterocycles. The zero-order valence-corrected chi connectivity index (χ0v) is 13.4. The Morgan fingerprint density at radius 1 is 1.26 bits per heavy atom. The molecule has 1 aliphatic heterocycles. The first-order valence-electron chi connectivity index (χ1n) is 7.62. The summed E-state index contributed by atoms with van der Waals surface area (Å²) in [6, 6.07) is 7.05. The maximum absolute atomic E-state index is 11.5. The number of rotatable bonds is 4. The number of aryl methyl sites for hydroxylation is 1. The molecule has 3 rings (SSSR count). The monoisotopic (exact) mass is 316 g/mol. The predicted molar refractivity (Wildman–Crippen MR) is 84.1 cm³/mol. The minimum atomic E-state index is -0.354. The quantitative estimate of drug-likeness (QED) is 0.806. The largest absolute Gasteiger partial charge is 0.465 e. The van der Waals surface area contributed by atoms with Gasteiger partial charge in [-0.25, -0.2) is 9.78 Å². The Bertz CT molecular complexity index is 672. The molecule has 0 unspecified atom stereocenters. The lowest BCUT2D eigenvalue weighted by Gasteiger charge is -2.25. The molecule has 6 heteroatoms. The van der Waals surface area contributed by atoms with E-state index in [0.717, 1.165) is 49.9 Å². The lowest BCUT2D eigenvalue weighted by atomic mass is 10.1. The number of carbonyl (C=O) groups is 1. The number of morpholine rings is 1. The molecule has 0 atom stereocenters. The molecule has 1 saturated heterocycles. The molecular formula is C17H20N2O4. The van der Waals surface area contributed by atoms with Crippen LogP contribution in [0, 0.1) is 6.92 Å². The van der Waals surface area contributed by atoms with E-state index in [2.05, 4.69) is 9.88 Å². The highest BCUT2D eigenvalue weighted by Gasteiger charge is 2.17. The van der Waals surface area contributed by atoms with Gasteiger partial charge in [-0.3, -0.25) is 4.90 Å². The third-order valence-electron chi connectivity index (χ3n) is 3.92. The molecule has 0 spiro atoms. The molecule has 0 bridgehead atoms. The number of esters is 1. The van der Waals surface area contributed by atoms with Crippen LogP contribution in [-0.4, -0.2) is 49.3 Å². The first-order chi connectivity index (χ1) is 11.2. The highest BCUT2D eigenvalue weighted by molar-refractivity contribution is 5.89. The average molecular weight is 316 g/mol. The van der Waals surface area contributed by atoms with Crippen molar-refractivity contribution in [2.24, 2.45) is 0 Å². The van der Waals surface area contributed by atoms with Gasteiger partial charge in [0.2, 0.25) is 5.89 Å². The molecule has 1 aromatic carbocycles. The van der Waals surface area contributed by atoms with Crippen LogP contribution in [0.3, 0.4) is 0 Å². The SMILES string of the molecule is COC(=O)c1ccc(-c2nc(CN3CCOCC3)c(C)o2)cc1. The molecule has 0 N–H and O–H groups in total. The average Bonchev–Trinajstić information content (AvgIpc) is 2.96. The van der Waals surface area contributed by atoms with Crippen molar-refractivity contribution in [1.82, 2.24) is 9.88 Å². The van der Waals surface area contributed by atoms with Crippen LogP contribution in [0.25, 0.3) is 11.5 Å². The maximum Gasteiger partial charge on any atom is 0.337 e. The number of oxazole rings is 1. The number of aromatic nitrogens is 1. The van der Waals surface area contributed by atoms with Gasteiger partial charge in [0, 0.05) is 25.2 Å². The van der Waals surface area contributed by atoms with Crippen molar-refractivity contribution in [3.63, 3.8) is 0 Å². The zero-order valence-electron chi connectivity index (χ0n) is 13.4. The first kappa shape index (κ1) is 15.7. The number of hydrogen-bond donors (Lipinski definition) is 0. The topological polar surface area (TPSA) is 64.8 Å². The minimum absolute atomic E-state index is 0.354. The Morgan fingerprint density at radius 2 is 1.96 bits per heavy atom. The molecule has 1 aliphatic rings. The lowest BCUT2D eigenvalue weighted by molar-refractivity contribution is 0.0335. The van der Waals surface area contributed by atoms with Crippen molar-refractivity contribution in [1.29, 1.82) is 0 Å². The highest BCUT2D eigenvalue weighted by Crippen LogP contribution is 2.23. The number of carbonyl (C=O) groups excluding carboxylic acids is 1. The van der Waals surface area contributed by atoms with Gasteiger partial charge >= 0.3 is 5.97 Å². The van der Waals surface area contributed by atoms with E-state index < -0.39 is 0 Å². The van der Waals surface area contributed by atoms with Gasteiger partial charge in [0.1, 0.15) is 5.76 Å². The number of nitrogens with zero attached hydrogens (tertiary/aromatic N) is 2. The van der Waals surface area contributed by atoms with Gasteiger partial charge in [0.15, 0.2) is 0 Å². The van der Waals surface area contributed by atoms with Crippen molar-refractivity contribution < 1.29 is 18.7 Å². The second kappa shape index (κ2) is 6.93. The van der Waals surface area contributed by atoms with Crippen molar-refractivity contribution in [3.8, 4) is 11.5 Å². The van der Waals surface area contributed by atoms with Crippen LogP contribution >= 0.6 is 0 Å². The summed E-state index contributed by atoms with van der Waals surface area (Å²) in [6.45, 7) is 6.04. The fraction of sp³-hybridized carbons (Fsp3) is 0.412. The summed E-state index contributed by atoms with van der Waals surface area (Å²) < 4.78 is 15.8. The van der Waals surface area contributed by atoms with Crippen LogP contribution in [-0.2, 0) is 16.0 Å². The number of ether oxygens (including phenoxy) is 2. The summed E-state index contributed by atoms with van der Waals surface area (Å²) in [5.74, 6) is 1.04. The summed E-state index contributed by atoms with van der Waals surface area (Å²) in [5.41, 5.74) is 2.29. The Labute approximate surface area is 135 Å². The second-order valence-corrected chi connectivity index (χ2v) is 5.48. The molecule has 1 aromatic heterocycles. The van der Waals surface area contributed by atoms with Crippen molar-refractivity contribution in [2.75, 3.05) is 33.4 Å². The number of benzene rings is 1. The second-order valence-electron chi connectivity index (χ2n) is 5.48. The molecule has 23 heavy (non-hydrogen) atoms. The molecule has 6 nitrogen and oxygen atoms in total. The van der Waals surface area contributed by atoms with Crippen molar-refractivity contribution >= 4 is 5.97 Å². The van der Waals surface area contributed by atoms with E-state index in [9.17, 15) is 4.79 Å². The van der Waals surface area contributed by atoms with E-state index in [0.29, 0.717) is 11.5 Å². The van der Waals surface area contributed by atoms with Crippen LogP contribution in [0.1, 0.15) is 21.8 Å². The van der Waals surface area contributed by atoms with Crippen LogP contribution in [0.2, 0.25) is 0 Å². The van der Waals surface area contributed by atoms with Gasteiger partial charge in [-0.2, -0.15) is 0 Å². The summed E-state index contributed by atoms with van der Waals surface area (Å²) in [5, 5.41) is 0. The smallest absolute Gasteiger partial charge is 0.337 e. The van der Waals surface area contributed by atoms with Gasteiger partial charge in [-0.05, 0) is 31.2 Å². The van der Waals surface area contributed by atoms with Crippen LogP contribution in [0.15, 0.2) is 28.7 Å². The van der Waals surface area contributed by atoms with Crippen LogP contribution in [0.5, 0.6) is 0 Å². The molecular weight excluding hydrogens is 296 g/mol. The summed E-state index contributed by atoms with van der Waals surface area (Å²) in [7, 11) is 1.37. The Morgan fingerprint density at radius 3 is 2.61 bits per heavy atom. The summed E-state index contributed by atoms with van der Waals surface area (Å²) >= 11 is 0. The Balaban J connectivity index is 1.75. The number of methoxy groups -OCH3 is 1. The van der Waals surface area contributed by atoms with Crippen LogP contribution in [0.4, 0.5) is 0 Å². The maximum atomic E-state index is 11.5. The third kappa shape index (κ3) is 3.60. The highest BCUT2D eigenvalue weighted by atomic mass is 16.5. The Kier molecular flexibility index (Phi) is 4.73. The minimum Gasteiger partial charge on any atom is -0.465 e. The predicted octanol–water partition coefficient (Wildman–Crippen LogP) is 2.27. The normalized spacial score (nSPS) is 15.6. The van der Waals surface area contributed by atoms with Crippen molar-refractivity contribution in [2.45, 2.75) is 13.5 Å². The van der Waals surface area contributed by atoms with E-state index in [-0.39, 0.29) is 5.97 Å². The summed E-state index contributed by atoms with van der Waals surface area (Å²) in [4.78, 5) is 18.4. The number of hydrogen-bond acceptors (Lipinski definition) is 6. The molecule has 122 valence electrons. The van der Waals surface area contributed by atoms with Gasteiger partial charge in [0.25, 0.3) is 0 Å². The molecule has 0 amide bonds. The van der Waals surface area contributed by atoms with Crippen LogP contribution < -0.4 is 0 Å². The van der Waals surface area contributed by atoms with E-state index in [1.165, 1.54) is 7.11 Å². The van der Waals surface area contributed by atoms with E-state index in [1.807, 2.05) is 19.1 Å². The molecule has 1 fully saturated rings. The van der Waals surface area contributed by atoms with Gasteiger partial charge < -0.3 is 13.9 Å². The van der Waals surface area contributed by atoms with Gasteiger partial charge in [-0.15, -0.1) is 0 Å². The molecule has 2 aromatic rings. The zero-order chi connectivity index (χ0) is 16.2. The van der Waals surface area contributed by atoms with E-state index >= 15 is 0 Å². The van der Waals surface area contributed by atoms with Gasteiger partial charge in [0.05, 0.1) is 31.6 Å². The molecule has 0 aliphatic carbocycles. The molecule has 0 radical (unpaired) electrons. The fourth-order valence-corrected chi connectivity index (χ4v) is 2.54. The van der Waals surface area contributed by atoms with E-state index in [4.69, 9.17) is 13.9 Å². The van der Waals surface area contributed by atoms with Crippen molar-refractivity contribution in [3.05, 3.63) is 41.3 Å². The third-order valence-corrected chi connectivity index (χ3v) is 3.92. The van der Waals surface area contributed by atoms with E-state index in [1.54, 1.807) is 12.1 Å². The first-order valence-corrected chi connectivity index (χ1v) is 7.62. The fourth-order valence-electron chi connectivity index (χ4n) is 2.54. The standard InChI is InChI=1S/C17H20N2O4/c1-12-15(11-19-7-9-22-10-8-19)18-16(23-12)13-3-5-14(6-4-13)17(20)21-2/h3-6H,7-11H2,1-2H3. The summed E-state index contributed by atoms with van der Waals surface area (Å²) in [6.07, 6.45) is 0.